The summed E-state index contributed by atoms with van der Waals surface area (Å²) in [5.74, 6) is -70.5. The third-order valence-electron chi connectivity index (χ3n) is 12.1. The van der Waals surface area contributed by atoms with Gasteiger partial charge in [-0.15, -0.1) is 21.9 Å². The molecule has 0 aromatic heterocycles. The molecule has 0 amide bonds. The van der Waals surface area contributed by atoms with E-state index in [-0.39, 0.29) is 0 Å². The second-order valence-electron chi connectivity index (χ2n) is 16.4. The van der Waals surface area contributed by atoms with Gasteiger partial charge in [0.15, 0.2) is 75.6 Å². The minimum absolute atomic E-state index is 0.873. The maximum atomic E-state index is 15.4. The van der Waals surface area contributed by atoms with Crippen LogP contribution in [-0.4, -0.2) is 6.15 Å². The van der Waals surface area contributed by atoms with Crippen LogP contribution in [0, 0.1) is 116 Å². The molecule has 0 atom stereocenters. The van der Waals surface area contributed by atoms with Crippen LogP contribution in [-0.2, 0) is 0 Å². The minimum Gasteiger partial charge on any atom is -0.334 e. The smallest absolute Gasteiger partial charge is 0.287 e. The molecular formula is C54H24BF20OPS. The van der Waals surface area contributed by atoms with Crippen molar-refractivity contribution < 1.29 is 92.3 Å². The lowest BCUT2D eigenvalue weighted by Crippen LogP contribution is -2.81. The van der Waals surface area contributed by atoms with Crippen LogP contribution >= 0.6 is 19.3 Å². The van der Waals surface area contributed by atoms with Crippen molar-refractivity contribution in [3.05, 3.63) is 262 Å². The van der Waals surface area contributed by atoms with Crippen LogP contribution in [0.2, 0.25) is 0 Å². The molecule has 0 aliphatic heterocycles. The summed E-state index contributed by atoms with van der Waals surface area (Å²) >= 11 is 1.76. The molecule has 0 saturated heterocycles. The molecule has 0 aliphatic rings. The van der Waals surface area contributed by atoms with Gasteiger partial charge in [-0.2, -0.15) is 0 Å². The van der Waals surface area contributed by atoms with Crippen molar-refractivity contribution in [2.45, 2.75) is 9.79 Å². The van der Waals surface area contributed by atoms with Gasteiger partial charge in [0.25, 0.3) is 7.49 Å². The zero-order valence-electron chi connectivity index (χ0n) is 38.3. The molecule has 9 rings (SSSR count). The Kier molecular flexibility index (Phi) is 16.1. The molecule has 0 N–H and O–H groups in total. The van der Waals surface area contributed by atoms with Crippen molar-refractivity contribution in [1.29, 1.82) is 0 Å². The molecule has 0 fully saturated rings. The average Bonchev–Trinajstić information content (AvgIpc) is 3.63. The Labute approximate surface area is 431 Å². The Morgan fingerprint density at radius 1 is 0.244 bits per heavy atom. The van der Waals surface area contributed by atoms with Crippen LogP contribution in [0.15, 0.2) is 155 Å². The van der Waals surface area contributed by atoms with E-state index < -0.39 is 152 Å². The number of benzene rings is 9. The Morgan fingerprint density at radius 2 is 0.449 bits per heavy atom. The third-order valence-corrected chi connectivity index (χ3v) is 16.7. The SMILES string of the molecule is Fc1c(F)c(F)c([B-](c2c(F)c(F)c(F)c(F)c2F)(c2c(F)c(F)c(F)c(F)c2F)c2c(F)c(F)c(F)c(F)c2F)c(F)c1F.c1ccc(Sc2ccc(O[P+](c3ccccc3)(c3ccccc3)c3ccccc3)cc2)cc1. The van der Waals surface area contributed by atoms with Crippen molar-refractivity contribution in [2.24, 2.45) is 0 Å². The van der Waals surface area contributed by atoms with Gasteiger partial charge in [0, 0.05) is 9.79 Å². The van der Waals surface area contributed by atoms with E-state index in [4.69, 9.17) is 4.52 Å². The lowest BCUT2D eigenvalue weighted by molar-refractivity contribution is 0.378. The first-order valence-electron chi connectivity index (χ1n) is 21.9. The second-order valence-corrected chi connectivity index (χ2v) is 20.5. The summed E-state index contributed by atoms with van der Waals surface area (Å²) in [5.41, 5.74) is -14.3. The Balaban J connectivity index is 0.000000215. The molecule has 0 saturated carbocycles. The van der Waals surface area contributed by atoms with E-state index in [1.165, 1.54) is 25.7 Å². The predicted molar refractivity (Wildman–Crippen MR) is 252 cm³/mol. The molecule has 9 aromatic carbocycles. The molecular weight excluding hydrogens is 1120 g/mol. The lowest BCUT2D eigenvalue weighted by Gasteiger charge is -2.44. The maximum absolute atomic E-state index is 15.4. The predicted octanol–water partition coefficient (Wildman–Crippen LogP) is 13.0. The molecule has 0 heterocycles. The van der Waals surface area contributed by atoms with Gasteiger partial charge in [-0.3, -0.25) is 0 Å². The zero-order valence-corrected chi connectivity index (χ0v) is 40.0. The highest BCUT2D eigenvalue weighted by Crippen LogP contribution is 2.56. The maximum Gasteiger partial charge on any atom is 0.287 e. The number of halogens is 20. The Morgan fingerprint density at radius 3 is 0.692 bits per heavy atom. The van der Waals surface area contributed by atoms with Crippen LogP contribution in [0.4, 0.5) is 87.8 Å². The van der Waals surface area contributed by atoms with Crippen LogP contribution in [0.3, 0.4) is 0 Å². The van der Waals surface area contributed by atoms with Gasteiger partial charge in [0.1, 0.15) is 68.6 Å². The highest BCUT2D eigenvalue weighted by Gasteiger charge is 2.53. The van der Waals surface area contributed by atoms with Crippen LogP contribution < -0.4 is 42.3 Å². The van der Waals surface area contributed by atoms with Crippen molar-refractivity contribution in [1.82, 2.24) is 0 Å². The number of rotatable bonds is 11. The van der Waals surface area contributed by atoms with E-state index >= 15 is 35.1 Å². The van der Waals surface area contributed by atoms with Gasteiger partial charge >= 0.3 is 0 Å². The van der Waals surface area contributed by atoms with Gasteiger partial charge in [-0.25, -0.2) is 87.8 Å². The summed E-state index contributed by atoms with van der Waals surface area (Å²) in [6.45, 7) is 0. The molecule has 9 aromatic rings. The van der Waals surface area contributed by atoms with Gasteiger partial charge in [0.2, 0.25) is 0 Å². The highest BCUT2D eigenvalue weighted by molar-refractivity contribution is 7.99. The van der Waals surface area contributed by atoms with E-state index in [1.807, 2.05) is 6.07 Å². The van der Waals surface area contributed by atoms with E-state index in [2.05, 4.69) is 140 Å². The minimum atomic E-state index is -7.22. The van der Waals surface area contributed by atoms with Gasteiger partial charge in [0.05, 0.1) is 0 Å². The molecule has 24 heteroatoms. The van der Waals surface area contributed by atoms with Crippen LogP contribution in [0.5, 0.6) is 5.75 Å². The van der Waals surface area contributed by atoms with E-state index in [0.29, 0.717) is 0 Å². The summed E-state index contributed by atoms with van der Waals surface area (Å²) in [6, 6.07) is 50.8. The highest BCUT2D eigenvalue weighted by atomic mass is 32.2. The number of hydrogen-bond donors (Lipinski definition) is 0. The normalized spacial score (nSPS) is 11.6. The molecule has 78 heavy (non-hydrogen) atoms. The fraction of sp³-hybridized carbons (Fsp3) is 0. The molecule has 0 unspecified atom stereocenters. The first-order chi connectivity index (χ1) is 37.0. The number of hydrogen-bond acceptors (Lipinski definition) is 2. The standard InChI is InChI=1S/C30H24OPS.C24BF20/c1-5-13-26(14-6-1)32(27-15-7-2-8-16-27,28-17-9-3-10-18-28)31-25-21-23-30(24-22-25)33-29-19-11-4-12-20-29;26-5-1(6(27)14(35)21(42)13(5)34)25(2-7(28)15(36)22(43)16(37)8(2)29,3-9(30)17(38)23(44)18(39)10(3)31)4-11(32)19(40)24(45)20(41)12(4)33/h1-24H;/q+1;-1. The fourth-order valence-corrected chi connectivity index (χ4v) is 13.0. The van der Waals surface area contributed by atoms with Gasteiger partial charge < -0.3 is 4.52 Å². The van der Waals surface area contributed by atoms with Crippen molar-refractivity contribution in [3.63, 3.8) is 0 Å². The van der Waals surface area contributed by atoms with E-state index in [1.54, 1.807) is 11.8 Å². The summed E-state index contributed by atoms with van der Waals surface area (Å²) in [7, 11) is -2.36. The van der Waals surface area contributed by atoms with Crippen LogP contribution in [0.1, 0.15) is 0 Å². The third kappa shape index (κ3) is 9.39. The molecule has 0 aliphatic carbocycles. The topological polar surface area (TPSA) is 9.23 Å². The van der Waals surface area contributed by atoms with E-state index in [0.717, 1.165) is 5.75 Å². The largest absolute Gasteiger partial charge is 0.334 e. The second kappa shape index (κ2) is 22.3. The fourth-order valence-electron chi connectivity index (χ4n) is 8.74. The zero-order chi connectivity index (χ0) is 56.7. The Bertz CT molecular complexity index is 3250. The molecule has 0 spiro atoms. The molecule has 400 valence electrons. The van der Waals surface area contributed by atoms with Crippen molar-refractivity contribution >= 4 is 63.2 Å². The summed E-state index contributed by atoms with van der Waals surface area (Å²) in [4.78, 5) is 2.42. The van der Waals surface area contributed by atoms with Crippen molar-refractivity contribution in [2.75, 3.05) is 0 Å². The van der Waals surface area contributed by atoms with Gasteiger partial charge in [-0.05, 0) is 72.8 Å². The first-order valence-corrected chi connectivity index (χ1v) is 24.4. The van der Waals surface area contributed by atoms with E-state index in [9.17, 15) is 52.7 Å². The monoisotopic (exact) mass is 1140 g/mol. The molecule has 1 nitrogen and oxygen atoms in total. The lowest BCUT2D eigenvalue weighted by atomic mass is 9.12. The summed E-state index contributed by atoms with van der Waals surface area (Å²) in [6.07, 6.45) is -7.22. The quantitative estimate of drug-likeness (QED) is 0.0420. The summed E-state index contributed by atoms with van der Waals surface area (Å²) < 4.78 is 301. The molecule has 0 bridgehead atoms. The molecule has 0 radical (unpaired) electrons. The first kappa shape index (κ1) is 56.4. The summed E-state index contributed by atoms with van der Waals surface area (Å²) in [5, 5.41) is 3.60. The van der Waals surface area contributed by atoms with Gasteiger partial charge in [-0.1, -0.05) is 84.6 Å². The van der Waals surface area contributed by atoms with Crippen molar-refractivity contribution in [3.8, 4) is 5.75 Å². The van der Waals surface area contributed by atoms with Crippen LogP contribution in [0.25, 0.3) is 0 Å². The average molecular weight is 1140 g/mol. The Hall–Kier alpha value is -7.78.